The molecule has 0 bridgehead atoms. The van der Waals surface area contributed by atoms with E-state index in [1.54, 1.807) is 25.4 Å². The Morgan fingerprint density at radius 1 is 1.15 bits per heavy atom. The zero-order valence-electron chi connectivity index (χ0n) is 19.3. The summed E-state index contributed by atoms with van der Waals surface area (Å²) >= 11 is 2.88. The van der Waals surface area contributed by atoms with Gasteiger partial charge in [-0.1, -0.05) is 23.1 Å². The fourth-order valence-electron chi connectivity index (χ4n) is 3.52. The van der Waals surface area contributed by atoms with Crippen molar-refractivity contribution < 1.29 is 14.3 Å². The molecule has 8 nitrogen and oxygen atoms in total. The number of nitrogens with one attached hydrogen (secondary N) is 2. The molecule has 0 spiro atoms. The average molecular weight is 498 g/mol. The third-order valence-electron chi connectivity index (χ3n) is 5.37. The van der Waals surface area contributed by atoms with Crippen LogP contribution in [0.2, 0.25) is 0 Å². The molecule has 0 radical (unpaired) electrons. The Labute approximate surface area is 207 Å². The van der Waals surface area contributed by atoms with Crippen LogP contribution < -0.4 is 20.3 Å². The number of piperazine rings is 1. The maximum Gasteiger partial charge on any atom is 0.257 e. The van der Waals surface area contributed by atoms with Crippen molar-refractivity contribution in [2.45, 2.75) is 9.10 Å². The Kier molecular flexibility index (Phi) is 7.71. The number of anilines is 2. The molecule has 0 saturated carbocycles. The fraction of sp³-hybridized carbons (Fsp3) is 0.292. The molecule has 0 atom stereocenters. The number of aromatic nitrogens is 1. The van der Waals surface area contributed by atoms with Crippen molar-refractivity contribution in [3.8, 4) is 5.75 Å². The molecule has 10 heteroatoms. The van der Waals surface area contributed by atoms with Crippen LogP contribution in [0.3, 0.4) is 0 Å². The molecule has 1 fully saturated rings. The largest absolute Gasteiger partial charge is 0.496 e. The summed E-state index contributed by atoms with van der Waals surface area (Å²) in [4.78, 5) is 34.7. The SMILES string of the molecule is COc1ccc(Sc2cnc(NC(=O)c3ccc(N(C)C)cc3)s2)cc1C(=O)N1CCNCC1. The minimum Gasteiger partial charge on any atom is -0.496 e. The number of carbonyl (C=O) groups excluding carboxylic acids is 2. The Hall–Kier alpha value is -3.08. The summed E-state index contributed by atoms with van der Waals surface area (Å²) in [6, 6.07) is 13.0. The highest BCUT2D eigenvalue weighted by Crippen LogP contribution is 2.36. The van der Waals surface area contributed by atoms with Gasteiger partial charge in [0, 0.05) is 56.4 Å². The van der Waals surface area contributed by atoms with Gasteiger partial charge in [-0.15, -0.1) is 0 Å². The van der Waals surface area contributed by atoms with Crippen LogP contribution in [0.15, 0.2) is 57.8 Å². The maximum absolute atomic E-state index is 13.1. The summed E-state index contributed by atoms with van der Waals surface area (Å²) in [6.07, 6.45) is 1.72. The second-order valence-corrected chi connectivity index (χ2v) is 10.3. The number of benzene rings is 2. The Morgan fingerprint density at radius 3 is 2.56 bits per heavy atom. The molecule has 34 heavy (non-hydrogen) atoms. The molecule has 0 unspecified atom stereocenters. The van der Waals surface area contributed by atoms with E-state index in [-0.39, 0.29) is 11.8 Å². The van der Waals surface area contributed by atoms with Crippen LogP contribution >= 0.6 is 23.1 Å². The second-order valence-electron chi connectivity index (χ2n) is 7.89. The average Bonchev–Trinajstić information content (AvgIpc) is 3.30. The number of nitrogens with zero attached hydrogens (tertiary/aromatic N) is 3. The molecule has 2 heterocycles. The Morgan fingerprint density at radius 2 is 1.88 bits per heavy atom. The maximum atomic E-state index is 13.1. The molecule has 3 aromatic rings. The zero-order chi connectivity index (χ0) is 24.1. The number of rotatable bonds is 7. The number of amides is 2. The monoisotopic (exact) mass is 497 g/mol. The van der Waals surface area contributed by atoms with E-state index in [0.29, 0.717) is 35.1 Å². The second kappa shape index (κ2) is 10.9. The quantitative estimate of drug-likeness (QED) is 0.515. The number of thiazole rings is 1. The lowest BCUT2D eigenvalue weighted by atomic mass is 10.1. The van der Waals surface area contributed by atoms with Gasteiger partial charge in [-0.25, -0.2) is 4.98 Å². The lowest BCUT2D eigenvalue weighted by molar-refractivity contribution is 0.0732. The van der Waals surface area contributed by atoms with Crippen LogP contribution in [-0.4, -0.2) is 69.1 Å². The van der Waals surface area contributed by atoms with Crippen molar-refractivity contribution in [3.63, 3.8) is 0 Å². The highest BCUT2D eigenvalue weighted by molar-refractivity contribution is 8.01. The standard InChI is InChI=1S/C24H27N5O3S2/c1-28(2)17-6-4-16(5-7-17)22(30)27-24-26-15-21(34-24)33-18-8-9-20(32-3)19(14-18)23(31)29-12-10-25-11-13-29/h4-9,14-15,25H,10-13H2,1-3H3,(H,26,27,30). The van der Waals surface area contributed by atoms with Gasteiger partial charge in [0.15, 0.2) is 5.13 Å². The van der Waals surface area contributed by atoms with Crippen molar-refractivity contribution >= 4 is 45.7 Å². The van der Waals surface area contributed by atoms with Gasteiger partial charge in [0.2, 0.25) is 0 Å². The highest BCUT2D eigenvalue weighted by atomic mass is 32.2. The van der Waals surface area contributed by atoms with Gasteiger partial charge in [0.1, 0.15) is 5.75 Å². The minimum atomic E-state index is -0.204. The summed E-state index contributed by atoms with van der Waals surface area (Å²) in [6.45, 7) is 2.93. The van der Waals surface area contributed by atoms with Crippen molar-refractivity contribution in [1.82, 2.24) is 15.2 Å². The van der Waals surface area contributed by atoms with E-state index in [2.05, 4.69) is 15.6 Å². The lowest BCUT2D eigenvalue weighted by Gasteiger charge is -2.28. The summed E-state index contributed by atoms with van der Waals surface area (Å²) in [5.41, 5.74) is 2.15. The summed E-state index contributed by atoms with van der Waals surface area (Å²) in [5.74, 6) is 0.327. The third kappa shape index (κ3) is 5.69. The molecule has 178 valence electrons. The van der Waals surface area contributed by atoms with E-state index in [4.69, 9.17) is 4.74 Å². The highest BCUT2D eigenvalue weighted by Gasteiger charge is 2.22. The molecule has 0 aliphatic carbocycles. The van der Waals surface area contributed by atoms with E-state index < -0.39 is 0 Å². The lowest BCUT2D eigenvalue weighted by Crippen LogP contribution is -2.46. The first-order valence-electron chi connectivity index (χ1n) is 10.8. The third-order valence-corrected chi connectivity index (χ3v) is 7.38. The number of carbonyl (C=O) groups is 2. The molecular formula is C24H27N5O3S2. The summed E-state index contributed by atoms with van der Waals surface area (Å²) in [7, 11) is 5.48. The van der Waals surface area contributed by atoms with Crippen LogP contribution in [0.1, 0.15) is 20.7 Å². The Balaban J connectivity index is 1.44. The van der Waals surface area contributed by atoms with Crippen LogP contribution in [0, 0.1) is 0 Å². The van der Waals surface area contributed by atoms with Crippen LogP contribution in [0.25, 0.3) is 0 Å². The summed E-state index contributed by atoms with van der Waals surface area (Å²) in [5, 5.41) is 6.64. The Bertz CT molecular complexity index is 1160. The molecule has 2 aromatic carbocycles. The van der Waals surface area contributed by atoms with Gasteiger partial charge >= 0.3 is 0 Å². The van der Waals surface area contributed by atoms with Gasteiger partial charge in [0.05, 0.1) is 23.1 Å². The van der Waals surface area contributed by atoms with Gasteiger partial charge < -0.3 is 19.9 Å². The topological polar surface area (TPSA) is 86.8 Å². The normalized spacial score (nSPS) is 13.4. The van der Waals surface area contributed by atoms with Crippen molar-refractivity contribution in [3.05, 3.63) is 59.8 Å². The van der Waals surface area contributed by atoms with Gasteiger partial charge in [-0.2, -0.15) is 0 Å². The fourth-order valence-corrected chi connectivity index (χ4v) is 5.40. The smallest absolute Gasteiger partial charge is 0.257 e. The number of hydrogen-bond acceptors (Lipinski definition) is 8. The van der Waals surface area contributed by atoms with E-state index in [1.165, 1.54) is 23.1 Å². The molecule has 2 N–H and O–H groups in total. The van der Waals surface area contributed by atoms with E-state index in [9.17, 15) is 9.59 Å². The predicted molar refractivity (Wildman–Crippen MR) is 137 cm³/mol. The molecule has 1 saturated heterocycles. The van der Waals surface area contributed by atoms with E-state index in [1.807, 2.05) is 54.2 Å². The number of methoxy groups -OCH3 is 1. The van der Waals surface area contributed by atoms with E-state index >= 15 is 0 Å². The van der Waals surface area contributed by atoms with Gasteiger partial charge in [0.25, 0.3) is 11.8 Å². The van der Waals surface area contributed by atoms with Crippen molar-refractivity contribution in [2.24, 2.45) is 0 Å². The number of hydrogen-bond donors (Lipinski definition) is 2. The molecule has 1 aromatic heterocycles. The zero-order valence-corrected chi connectivity index (χ0v) is 21.0. The van der Waals surface area contributed by atoms with E-state index in [0.717, 1.165) is 27.9 Å². The predicted octanol–water partition coefficient (Wildman–Crippen LogP) is 3.67. The molecular weight excluding hydrogens is 470 g/mol. The van der Waals surface area contributed by atoms with Crippen LogP contribution in [0.5, 0.6) is 5.75 Å². The first-order chi connectivity index (χ1) is 16.4. The van der Waals surface area contributed by atoms with Gasteiger partial charge in [-0.05, 0) is 42.5 Å². The molecule has 1 aliphatic heterocycles. The molecule has 2 amide bonds. The number of ether oxygens (including phenoxy) is 1. The first-order valence-corrected chi connectivity index (χ1v) is 12.5. The molecule has 1 aliphatic rings. The van der Waals surface area contributed by atoms with Crippen molar-refractivity contribution in [1.29, 1.82) is 0 Å². The van der Waals surface area contributed by atoms with Crippen LogP contribution in [0.4, 0.5) is 10.8 Å². The van der Waals surface area contributed by atoms with Crippen molar-refractivity contribution in [2.75, 3.05) is 57.6 Å². The van der Waals surface area contributed by atoms with Crippen LogP contribution in [-0.2, 0) is 0 Å². The van der Waals surface area contributed by atoms with Gasteiger partial charge in [-0.3, -0.25) is 14.9 Å². The molecule has 4 rings (SSSR count). The minimum absolute atomic E-state index is 0.0293. The summed E-state index contributed by atoms with van der Waals surface area (Å²) < 4.78 is 6.35. The first kappa shape index (κ1) is 24.1.